The van der Waals surface area contributed by atoms with E-state index in [4.69, 9.17) is 4.74 Å². The minimum absolute atomic E-state index is 0.105. The summed E-state index contributed by atoms with van der Waals surface area (Å²) in [6.45, 7) is 3.29. The molecule has 3 heteroatoms. The average molecular weight is 367 g/mol. The zero-order chi connectivity index (χ0) is 18.9. The summed E-state index contributed by atoms with van der Waals surface area (Å²) in [7, 11) is 0. The minimum atomic E-state index is 0.105. The van der Waals surface area contributed by atoms with Crippen LogP contribution in [0.5, 0.6) is 0 Å². The Bertz CT molecular complexity index is 1060. The fourth-order valence-corrected chi connectivity index (χ4v) is 4.14. The van der Waals surface area contributed by atoms with Gasteiger partial charge in [0.1, 0.15) is 0 Å². The van der Waals surface area contributed by atoms with Gasteiger partial charge in [0.2, 0.25) is 0 Å². The molecule has 3 aromatic carbocycles. The molecule has 3 nitrogen and oxygen atoms in total. The van der Waals surface area contributed by atoms with Crippen LogP contribution in [-0.2, 0) is 4.74 Å². The molecule has 0 radical (unpaired) electrons. The molecule has 28 heavy (non-hydrogen) atoms. The molecule has 0 N–H and O–H groups in total. The van der Waals surface area contributed by atoms with E-state index in [0.29, 0.717) is 0 Å². The Hall–Kier alpha value is -3.17. The van der Waals surface area contributed by atoms with Gasteiger partial charge in [0.25, 0.3) is 0 Å². The fraction of sp³-hybridized carbons (Fsp3) is 0.160. The Morgan fingerprint density at radius 1 is 0.679 bits per heavy atom. The van der Waals surface area contributed by atoms with Crippen LogP contribution in [0, 0.1) is 0 Å². The fourth-order valence-electron chi connectivity index (χ4n) is 4.14. The molecule has 0 spiro atoms. The first-order chi connectivity index (χ1) is 13.8. The van der Waals surface area contributed by atoms with Gasteiger partial charge >= 0.3 is 0 Å². The van der Waals surface area contributed by atoms with Gasteiger partial charge < -0.3 is 9.64 Å². The van der Waals surface area contributed by atoms with E-state index >= 15 is 0 Å². The number of nitrogens with zero attached hydrogens (tertiary/aromatic N) is 1. The number of anilines is 1. The van der Waals surface area contributed by atoms with Crippen molar-refractivity contribution in [2.24, 2.45) is 0 Å². The van der Waals surface area contributed by atoms with E-state index in [1.807, 2.05) is 48.5 Å². The summed E-state index contributed by atoms with van der Waals surface area (Å²) in [5.74, 6) is 0.105. The normalized spacial score (nSPS) is 16.4. The van der Waals surface area contributed by atoms with Crippen molar-refractivity contribution in [3.05, 3.63) is 101 Å². The highest BCUT2D eigenvalue weighted by atomic mass is 16.5. The summed E-state index contributed by atoms with van der Waals surface area (Å²) in [5.41, 5.74) is 6.86. The van der Waals surface area contributed by atoms with Crippen LogP contribution in [0.15, 0.2) is 78.9 Å². The van der Waals surface area contributed by atoms with Crippen molar-refractivity contribution in [3.63, 3.8) is 0 Å². The molecule has 1 aliphatic heterocycles. The molecule has 0 atom stereocenters. The van der Waals surface area contributed by atoms with Crippen molar-refractivity contribution in [2.45, 2.75) is 0 Å². The molecule has 0 amide bonds. The Morgan fingerprint density at radius 3 is 2.14 bits per heavy atom. The second kappa shape index (κ2) is 7.10. The Kier molecular flexibility index (Phi) is 4.30. The van der Waals surface area contributed by atoms with Crippen LogP contribution in [0.4, 0.5) is 5.69 Å². The minimum Gasteiger partial charge on any atom is -0.378 e. The predicted octanol–water partition coefficient (Wildman–Crippen LogP) is 4.68. The molecule has 2 aliphatic rings. The lowest BCUT2D eigenvalue weighted by Crippen LogP contribution is -2.36. The van der Waals surface area contributed by atoms with Crippen molar-refractivity contribution in [2.75, 3.05) is 31.2 Å². The molecular weight excluding hydrogens is 346 g/mol. The first kappa shape index (κ1) is 17.0. The summed E-state index contributed by atoms with van der Waals surface area (Å²) >= 11 is 0. The number of morpholine rings is 1. The van der Waals surface area contributed by atoms with Gasteiger partial charge in [-0.3, -0.25) is 4.79 Å². The third-order valence-corrected chi connectivity index (χ3v) is 5.49. The zero-order valence-corrected chi connectivity index (χ0v) is 15.6. The maximum Gasteiger partial charge on any atom is 0.194 e. The van der Waals surface area contributed by atoms with Gasteiger partial charge in [-0.2, -0.15) is 0 Å². The Labute approximate surface area is 164 Å². The summed E-state index contributed by atoms with van der Waals surface area (Å²) in [6.07, 6.45) is 0. The van der Waals surface area contributed by atoms with Crippen LogP contribution in [0.1, 0.15) is 27.0 Å². The lowest BCUT2D eigenvalue weighted by Gasteiger charge is -2.29. The van der Waals surface area contributed by atoms with Gasteiger partial charge in [-0.15, -0.1) is 0 Å². The molecule has 138 valence electrons. The number of Topliss-reactive ketones (excluding diaryl/α,β-unsaturated/α-hetero) is 1. The highest BCUT2D eigenvalue weighted by Crippen LogP contribution is 2.42. The first-order valence-corrected chi connectivity index (χ1v) is 9.70. The molecule has 1 fully saturated rings. The van der Waals surface area contributed by atoms with Gasteiger partial charge in [0.15, 0.2) is 5.78 Å². The van der Waals surface area contributed by atoms with Crippen molar-refractivity contribution < 1.29 is 9.53 Å². The third-order valence-electron chi connectivity index (χ3n) is 5.49. The number of rotatable bonds is 3. The number of carbonyl (C=O) groups excluding carboxylic acids is 1. The smallest absolute Gasteiger partial charge is 0.194 e. The summed E-state index contributed by atoms with van der Waals surface area (Å²) in [6, 6.07) is 26.5. The van der Waals surface area contributed by atoms with Crippen LogP contribution in [0.25, 0.3) is 11.1 Å². The van der Waals surface area contributed by atoms with Gasteiger partial charge in [-0.1, -0.05) is 66.7 Å². The highest BCUT2D eigenvalue weighted by molar-refractivity contribution is 6.41. The van der Waals surface area contributed by atoms with E-state index in [1.54, 1.807) is 0 Å². The standard InChI is InChI=1S/C25H21NO2/c27-25-22-12-5-4-11-21(22)23(24(25)18-7-2-1-3-8-18)19-9-6-10-20(17-19)26-13-15-28-16-14-26/h1-12,17H,13-16H2. The third kappa shape index (κ3) is 2.85. The zero-order valence-electron chi connectivity index (χ0n) is 15.6. The molecule has 0 unspecified atom stereocenters. The number of allylic oxidation sites excluding steroid dienone is 1. The van der Waals surface area contributed by atoms with Crippen LogP contribution >= 0.6 is 0 Å². The molecular formula is C25H21NO2. The highest BCUT2D eigenvalue weighted by Gasteiger charge is 2.31. The molecule has 1 heterocycles. The predicted molar refractivity (Wildman–Crippen MR) is 113 cm³/mol. The van der Waals surface area contributed by atoms with Crippen LogP contribution in [0.2, 0.25) is 0 Å². The lowest BCUT2D eigenvalue weighted by molar-refractivity contribution is 0.105. The summed E-state index contributed by atoms with van der Waals surface area (Å²) < 4.78 is 5.49. The Morgan fingerprint density at radius 2 is 1.36 bits per heavy atom. The van der Waals surface area contributed by atoms with Crippen molar-refractivity contribution in [1.29, 1.82) is 0 Å². The first-order valence-electron chi connectivity index (χ1n) is 9.70. The average Bonchev–Trinajstić information content (AvgIpc) is 3.08. The lowest BCUT2D eigenvalue weighted by atomic mass is 9.94. The number of hydrogen-bond donors (Lipinski definition) is 0. The van der Waals surface area contributed by atoms with Crippen molar-refractivity contribution >= 4 is 22.6 Å². The summed E-state index contributed by atoms with van der Waals surface area (Å²) in [5, 5.41) is 0. The van der Waals surface area contributed by atoms with Gasteiger partial charge in [-0.05, 0) is 28.8 Å². The number of fused-ring (bicyclic) bond motifs is 1. The molecule has 3 aromatic rings. The largest absolute Gasteiger partial charge is 0.378 e. The maximum atomic E-state index is 13.3. The number of ketones is 1. The maximum absolute atomic E-state index is 13.3. The van der Waals surface area contributed by atoms with E-state index in [-0.39, 0.29) is 5.78 Å². The second-order valence-electron chi connectivity index (χ2n) is 7.14. The molecule has 0 saturated carbocycles. The van der Waals surface area contributed by atoms with E-state index in [2.05, 4.69) is 35.2 Å². The topological polar surface area (TPSA) is 29.5 Å². The van der Waals surface area contributed by atoms with Gasteiger partial charge in [-0.25, -0.2) is 0 Å². The number of hydrogen-bond acceptors (Lipinski definition) is 3. The van der Waals surface area contributed by atoms with E-state index < -0.39 is 0 Å². The molecule has 0 bridgehead atoms. The second-order valence-corrected chi connectivity index (χ2v) is 7.14. The van der Waals surface area contributed by atoms with Gasteiger partial charge in [0, 0.05) is 35.5 Å². The molecule has 5 rings (SSSR count). The van der Waals surface area contributed by atoms with Crippen LogP contribution in [0.3, 0.4) is 0 Å². The van der Waals surface area contributed by atoms with Crippen LogP contribution in [-0.4, -0.2) is 32.1 Å². The SMILES string of the molecule is O=C1C(c2ccccc2)=C(c2cccc(N3CCOCC3)c2)c2ccccc21. The molecule has 1 saturated heterocycles. The Balaban J connectivity index is 1.69. The van der Waals surface area contributed by atoms with Crippen molar-refractivity contribution in [1.82, 2.24) is 0 Å². The van der Waals surface area contributed by atoms with E-state index in [0.717, 1.165) is 59.7 Å². The quantitative estimate of drug-likeness (QED) is 0.673. The monoisotopic (exact) mass is 367 g/mol. The number of benzene rings is 3. The van der Waals surface area contributed by atoms with Gasteiger partial charge in [0.05, 0.1) is 13.2 Å². The molecule has 0 aromatic heterocycles. The van der Waals surface area contributed by atoms with E-state index in [1.165, 1.54) is 5.69 Å². The van der Waals surface area contributed by atoms with Crippen LogP contribution < -0.4 is 4.90 Å². The van der Waals surface area contributed by atoms with Crippen molar-refractivity contribution in [3.8, 4) is 0 Å². The number of ether oxygens (including phenoxy) is 1. The summed E-state index contributed by atoms with van der Waals surface area (Å²) in [4.78, 5) is 15.6. The number of carbonyl (C=O) groups is 1. The molecule has 1 aliphatic carbocycles. The van der Waals surface area contributed by atoms with E-state index in [9.17, 15) is 4.79 Å².